The maximum atomic E-state index is 6.60. The Bertz CT molecular complexity index is 504. The van der Waals surface area contributed by atoms with Gasteiger partial charge >= 0.3 is 0 Å². The number of fused-ring (bicyclic) bond motifs is 2. The number of nitrogens with zero attached hydrogens (tertiary/aromatic N) is 2. The zero-order chi connectivity index (χ0) is 14.4. The monoisotopic (exact) mass is 289 g/mol. The smallest absolute Gasteiger partial charge is 0.230 e. The summed E-state index contributed by atoms with van der Waals surface area (Å²) in [6.45, 7) is 2.27. The lowest BCUT2D eigenvalue weighted by atomic mass is 9.76. The molecule has 2 N–H and O–H groups in total. The molecule has 3 saturated carbocycles. The van der Waals surface area contributed by atoms with E-state index in [1.54, 1.807) is 0 Å². The van der Waals surface area contributed by atoms with Crippen LogP contribution in [0.25, 0.3) is 0 Å². The van der Waals surface area contributed by atoms with E-state index in [1.165, 1.54) is 44.9 Å². The van der Waals surface area contributed by atoms with Crippen molar-refractivity contribution < 1.29 is 4.52 Å². The number of rotatable bonds is 3. The van der Waals surface area contributed by atoms with Gasteiger partial charge in [0.15, 0.2) is 5.82 Å². The topological polar surface area (TPSA) is 64.9 Å². The first kappa shape index (κ1) is 13.7. The Kier molecular flexibility index (Phi) is 3.32. The molecule has 0 amide bonds. The first-order chi connectivity index (χ1) is 10.2. The third kappa shape index (κ3) is 2.32. The molecule has 3 atom stereocenters. The molecule has 0 saturated heterocycles. The molecule has 3 fully saturated rings. The van der Waals surface area contributed by atoms with Crippen molar-refractivity contribution in [1.82, 2.24) is 10.1 Å². The molecular weight excluding hydrogens is 262 g/mol. The van der Waals surface area contributed by atoms with Crippen molar-refractivity contribution in [1.29, 1.82) is 0 Å². The van der Waals surface area contributed by atoms with Crippen molar-refractivity contribution in [3.05, 3.63) is 11.7 Å². The molecule has 0 spiro atoms. The van der Waals surface area contributed by atoms with Gasteiger partial charge in [-0.1, -0.05) is 24.9 Å². The Morgan fingerprint density at radius 3 is 2.62 bits per heavy atom. The Hall–Kier alpha value is -0.900. The zero-order valence-electron chi connectivity index (χ0n) is 13.1. The predicted octanol–water partition coefficient (Wildman–Crippen LogP) is 3.73. The van der Waals surface area contributed by atoms with E-state index in [9.17, 15) is 0 Å². The fourth-order valence-corrected chi connectivity index (χ4v) is 4.96. The van der Waals surface area contributed by atoms with Crippen LogP contribution < -0.4 is 5.73 Å². The van der Waals surface area contributed by atoms with E-state index in [0.717, 1.165) is 42.3 Å². The summed E-state index contributed by atoms with van der Waals surface area (Å²) in [4.78, 5) is 4.75. The second kappa shape index (κ2) is 5.08. The summed E-state index contributed by atoms with van der Waals surface area (Å²) in [5, 5.41) is 4.28. The lowest BCUT2D eigenvalue weighted by Gasteiger charge is -2.34. The lowest BCUT2D eigenvalue weighted by Crippen LogP contribution is -2.41. The normalized spacial score (nSPS) is 42.6. The summed E-state index contributed by atoms with van der Waals surface area (Å²) < 4.78 is 5.63. The van der Waals surface area contributed by atoms with Gasteiger partial charge in [0.05, 0.1) is 5.54 Å². The maximum absolute atomic E-state index is 6.60. The Morgan fingerprint density at radius 1 is 1.19 bits per heavy atom. The van der Waals surface area contributed by atoms with Gasteiger partial charge in [-0.2, -0.15) is 4.98 Å². The van der Waals surface area contributed by atoms with Crippen LogP contribution in [0, 0.1) is 17.8 Å². The van der Waals surface area contributed by atoms with Crippen LogP contribution in [0.1, 0.15) is 82.3 Å². The molecule has 3 aliphatic carbocycles. The van der Waals surface area contributed by atoms with Crippen LogP contribution in [0.4, 0.5) is 0 Å². The van der Waals surface area contributed by atoms with Gasteiger partial charge in [-0.15, -0.1) is 0 Å². The Morgan fingerprint density at radius 2 is 2.00 bits per heavy atom. The van der Waals surface area contributed by atoms with Crippen LogP contribution in [0.2, 0.25) is 0 Å². The van der Waals surface area contributed by atoms with Crippen molar-refractivity contribution in [2.24, 2.45) is 23.5 Å². The van der Waals surface area contributed by atoms with Gasteiger partial charge in [0.1, 0.15) is 0 Å². The third-order valence-corrected chi connectivity index (χ3v) is 6.52. The molecular formula is C17H27N3O. The van der Waals surface area contributed by atoms with Crippen LogP contribution in [-0.4, -0.2) is 10.1 Å². The van der Waals surface area contributed by atoms with Crippen LogP contribution in [0.3, 0.4) is 0 Å². The predicted molar refractivity (Wildman–Crippen MR) is 80.6 cm³/mol. The highest BCUT2D eigenvalue weighted by atomic mass is 16.5. The highest BCUT2D eigenvalue weighted by Crippen LogP contribution is 2.52. The van der Waals surface area contributed by atoms with E-state index in [4.69, 9.17) is 15.2 Å². The molecule has 21 heavy (non-hydrogen) atoms. The molecule has 1 heterocycles. The summed E-state index contributed by atoms with van der Waals surface area (Å²) in [5.41, 5.74) is 6.26. The second-order valence-electron chi connectivity index (χ2n) is 7.75. The molecule has 2 bridgehead atoms. The first-order valence-electron chi connectivity index (χ1n) is 8.81. The van der Waals surface area contributed by atoms with E-state index in [2.05, 4.69) is 12.1 Å². The molecule has 3 aliphatic rings. The Balaban J connectivity index is 1.49. The van der Waals surface area contributed by atoms with E-state index in [-0.39, 0.29) is 5.54 Å². The van der Waals surface area contributed by atoms with Gasteiger partial charge in [0, 0.05) is 5.92 Å². The molecule has 1 aromatic rings. The van der Waals surface area contributed by atoms with Crippen LogP contribution >= 0.6 is 0 Å². The van der Waals surface area contributed by atoms with Crippen molar-refractivity contribution in [3.8, 4) is 0 Å². The molecule has 116 valence electrons. The van der Waals surface area contributed by atoms with Gasteiger partial charge < -0.3 is 10.3 Å². The highest BCUT2D eigenvalue weighted by Gasteiger charge is 2.44. The van der Waals surface area contributed by atoms with Crippen LogP contribution in [-0.2, 0) is 5.54 Å². The molecule has 4 rings (SSSR count). The second-order valence-corrected chi connectivity index (χ2v) is 7.75. The average Bonchev–Trinajstić information content (AvgIpc) is 3.24. The minimum absolute atomic E-state index is 0.342. The standard InChI is InChI=1S/C17H27N3O/c1-2-11-5-7-17(18,8-6-11)16-19-15(21-20-16)14-10-12-3-4-13(14)9-12/h11-14H,2-10,18H2,1H3. The highest BCUT2D eigenvalue weighted by molar-refractivity contribution is 5.10. The van der Waals surface area contributed by atoms with E-state index in [0.29, 0.717) is 5.92 Å². The molecule has 0 aromatic carbocycles. The first-order valence-corrected chi connectivity index (χ1v) is 8.81. The van der Waals surface area contributed by atoms with Gasteiger partial charge in [-0.3, -0.25) is 0 Å². The van der Waals surface area contributed by atoms with Crippen LogP contribution in [0.15, 0.2) is 4.52 Å². The fourth-order valence-electron chi connectivity index (χ4n) is 4.96. The van der Waals surface area contributed by atoms with Gasteiger partial charge in [-0.25, -0.2) is 0 Å². The van der Waals surface area contributed by atoms with E-state index < -0.39 is 0 Å². The number of hydrogen-bond donors (Lipinski definition) is 1. The lowest BCUT2D eigenvalue weighted by molar-refractivity contribution is 0.215. The third-order valence-electron chi connectivity index (χ3n) is 6.52. The molecule has 1 aromatic heterocycles. The maximum Gasteiger partial charge on any atom is 0.230 e. The van der Waals surface area contributed by atoms with Crippen molar-refractivity contribution in [3.63, 3.8) is 0 Å². The van der Waals surface area contributed by atoms with Gasteiger partial charge in [0.25, 0.3) is 0 Å². The minimum atomic E-state index is -0.342. The van der Waals surface area contributed by atoms with Crippen molar-refractivity contribution in [2.45, 2.75) is 76.2 Å². The largest absolute Gasteiger partial charge is 0.339 e. The van der Waals surface area contributed by atoms with E-state index in [1.807, 2.05) is 0 Å². The summed E-state index contributed by atoms with van der Waals surface area (Å²) in [6, 6.07) is 0. The average molecular weight is 289 g/mol. The van der Waals surface area contributed by atoms with Crippen LogP contribution in [0.5, 0.6) is 0 Å². The molecule has 0 radical (unpaired) electrons. The van der Waals surface area contributed by atoms with Gasteiger partial charge in [-0.05, 0) is 62.7 Å². The summed E-state index contributed by atoms with van der Waals surface area (Å²) in [5.74, 6) is 4.68. The number of aromatic nitrogens is 2. The Labute approximate surface area is 126 Å². The molecule has 4 heteroatoms. The fraction of sp³-hybridized carbons (Fsp3) is 0.882. The molecule has 0 aliphatic heterocycles. The number of hydrogen-bond acceptors (Lipinski definition) is 4. The number of nitrogens with two attached hydrogens (primary N) is 1. The van der Waals surface area contributed by atoms with Crippen molar-refractivity contribution >= 4 is 0 Å². The van der Waals surface area contributed by atoms with Gasteiger partial charge in [0.2, 0.25) is 5.89 Å². The van der Waals surface area contributed by atoms with E-state index >= 15 is 0 Å². The molecule has 3 unspecified atom stereocenters. The zero-order valence-corrected chi connectivity index (χ0v) is 13.1. The molecule has 4 nitrogen and oxygen atoms in total. The quantitative estimate of drug-likeness (QED) is 0.921. The summed E-state index contributed by atoms with van der Waals surface area (Å²) in [6.07, 6.45) is 11.0. The summed E-state index contributed by atoms with van der Waals surface area (Å²) >= 11 is 0. The minimum Gasteiger partial charge on any atom is -0.339 e. The summed E-state index contributed by atoms with van der Waals surface area (Å²) in [7, 11) is 0. The van der Waals surface area contributed by atoms with Crippen molar-refractivity contribution in [2.75, 3.05) is 0 Å². The SMILES string of the molecule is CCC1CCC(N)(c2noc(C3CC4CCC3C4)n2)CC1.